The quantitative estimate of drug-likeness (QED) is 0.316. The molecule has 0 fully saturated rings. The van der Waals surface area contributed by atoms with Crippen LogP contribution in [0.5, 0.6) is 0 Å². The van der Waals surface area contributed by atoms with E-state index in [2.05, 4.69) is 28.5 Å². The van der Waals surface area contributed by atoms with E-state index in [1.165, 1.54) is 16.2 Å². The molecule has 4 heterocycles. The van der Waals surface area contributed by atoms with Crippen molar-refractivity contribution in [1.29, 1.82) is 5.26 Å². The lowest BCUT2D eigenvalue weighted by atomic mass is 9.88. The van der Waals surface area contributed by atoms with Crippen LogP contribution in [0, 0.1) is 17.2 Å². The second-order valence-corrected chi connectivity index (χ2v) is 9.84. The van der Waals surface area contributed by atoms with Crippen LogP contribution in [0.25, 0.3) is 33.8 Å². The number of benzene rings is 1. The number of carbonyl (C=O) groups is 1. The van der Waals surface area contributed by atoms with E-state index >= 15 is 0 Å². The summed E-state index contributed by atoms with van der Waals surface area (Å²) in [6.07, 6.45) is 4.38. The number of nitriles is 1. The number of pyridine rings is 1. The first-order valence-electron chi connectivity index (χ1n) is 11.4. The normalized spacial score (nSPS) is 15.0. The number of nitrogens with one attached hydrogen (secondary N) is 1. The van der Waals surface area contributed by atoms with Gasteiger partial charge >= 0.3 is 0 Å². The summed E-state index contributed by atoms with van der Waals surface area (Å²) in [6, 6.07) is 17.0. The maximum Gasteiger partial charge on any atom is 0.259 e. The molecule has 4 aromatic heterocycles. The first-order valence-corrected chi connectivity index (χ1v) is 12.2. The molecule has 172 valence electrons. The minimum atomic E-state index is -0.353. The van der Waals surface area contributed by atoms with Crippen LogP contribution in [-0.2, 0) is 12.8 Å². The highest BCUT2D eigenvalue weighted by molar-refractivity contribution is 7.16. The Bertz CT molecular complexity index is 1590. The summed E-state index contributed by atoms with van der Waals surface area (Å²) in [7, 11) is 0. The van der Waals surface area contributed by atoms with Crippen molar-refractivity contribution in [3.8, 4) is 28.8 Å². The fourth-order valence-electron chi connectivity index (χ4n) is 4.60. The summed E-state index contributed by atoms with van der Waals surface area (Å²) in [5.41, 5.74) is 4.03. The van der Waals surface area contributed by atoms with Gasteiger partial charge < -0.3 is 14.3 Å². The molecule has 0 unspecified atom stereocenters. The van der Waals surface area contributed by atoms with Crippen LogP contribution < -0.4 is 5.32 Å². The van der Waals surface area contributed by atoms with E-state index in [1.54, 1.807) is 24.5 Å². The van der Waals surface area contributed by atoms with Gasteiger partial charge in [0.1, 0.15) is 22.5 Å². The van der Waals surface area contributed by atoms with Crippen molar-refractivity contribution >= 4 is 33.3 Å². The van der Waals surface area contributed by atoms with E-state index in [9.17, 15) is 10.1 Å². The second-order valence-electron chi connectivity index (χ2n) is 8.73. The van der Waals surface area contributed by atoms with Crippen LogP contribution in [0.1, 0.15) is 39.7 Å². The fourth-order valence-corrected chi connectivity index (χ4v) is 5.96. The minimum absolute atomic E-state index is 0.239. The number of aromatic nitrogens is 2. The first-order chi connectivity index (χ1) is 17.1. The zero-order valence-electron chi connectivity index (χ0n) is 18.9. The molecule has 0 bridgehead atoms. The number of hydrogen-bond donors (Lipinski definition) is 1. The highest BCUT2D eigenvalue weighted by Gasteiger charge is 2.27. The molecule has 6 rings (SSSR count). The molecule has 0 aliphatic heterocycles. The van der Waals surface area contributed by atoms with Gasteiger partial charge in [0.05, 0.1) is 22.8 Å². The average Bonchev–Trinajstić information content (AvgIpc) is 3.62. The van der Waals surface area contributed by atoms with Crippen molar-refractivity contribution in [2.24, 2.45) is 5.92 Å². The molecule has 1 atom stereocenters. The number of furan rings is 1. The number of carbonyl (C=O) groups excluding carboxylic acids is 1. The van der Waals surface area contributed by atoms with Crippen LogP contribution in [0.4, 0.5) is 5.00 Å². The summed E-state index contributed by atoms with van der Waals surface area (Å²) in [4.78, 5) is 19.5. The molecule has 8 heteroatoms. The van der Waals surface area contributed by atoms with Crippen LogP contribution in [0.3, 0.4) is 0 Å². The number of nitrogens with zero attached hydrogens (tertiary/aromatic N) is 3. The summed E-state index contributed by atoms with van der Waals surface area (Å²) in [5, 5.41) is 18.2. The van der Waals surface area contributed by atoms with Gasteiger partial charge in [-0.3, -0.25) is 4.79 Å². The Kier molecular flexibility index (Phi) is 5.20. The lowest BCUT2D eigenvalue weighted by Gasteiger charge is -2.17. The lowest BCUT2D eigenvalue weighted by molar-refractivity contribution is 0.102. The monoisotopic (exact) mass is 480 g/mol. The Morgan fingerprint density at radius 3 is 2.86 bits per heavy atom. The maximum atomic E-state index is 13.7. The zero-order chi connectivity index (χ0) is 23.9. The summed E-state index contributed by atoms with van der Waals surface area (Å²) < 4.78 is 11.1. The van der Waals surface area contributed by atoms with Gasteiger partial charge in [0.15, 0.2) is 5.76 Å². The number of fused-ring (bicyclic) bond motifs is 2. The first kappa shape index (κ1) is 21.3. The molecule has 5 aromatic rings. The Morgan fingerprint density at radius 1 is 1.23 bits per heavy atom. The van der Waals surface area contributed by atoms with Crippen LogP contribution >= 0.6 is 11.3 Å². The Morgan fingerprint density at radius 2 is 2.09 bits per heavy atom. The van der Waals surface area contributed by atoms with Crippen LogP contribution in [0.2, 0.25) is 0 Å². The molecule has 1 aliphatic rings. The third-order valence-electron chi connectivity index (χ3n) is 6.36. The summed E-state index contributed by atoms with van der Waals surface area (Å²) in [5.74, 6) is 0.725. The van der Waals surface area contributed by atoms with Gasteiger partial charge in [-0.25, -0.2) is 4.98 Å². The lowest BCUT2D eigenvalue weighted by Crippen LogP contribution is -2.13. The Labute approximate surface area is 205 Å². The average molecular weight is 481 g/mol. The van der Waals surface area contributed by atoms with Crippen molar-refractivity contribution in [3.05, 3.63) is 76.4 Å². The zero-order valence-corrected chi connectivity index (χ0v) is 19.7. The van der Waals surface area contributed by atoms with Crippen LogP contribution in [0.15, 0.2) is 63.7 Å². The fraction of sp³-hybridized carbons (Fsp3) is 0.185. The summed E-state index contributed by atoms with van der Waals surface area (Å²) in [6.45, 7) is 2.22. The molecule has 0 spiro atoms. The van der Waals surface area contributed by atoms with E-state index in [1.807, 2.05) is 30.3 Å². The Balaban J connectivity index is 1.48. The molecule has 1 N–H and O–H groups in total. The topological polar surface area (TPSA) is 105 Å². The summed E-state index contributed by atoms with van der Waals surface area (Å²) >= 11 is 1.50. The predicted octanol–water partition coefficient (Wildman–Crippen LogP) is 6.46. The second kappa shape index (κ2) is 8.53. The number of amides is 1. The minimum Gasteiger partial charge on any atom is -0.463 e. The largest absolute Gasteiger partial charge is 0.463 e. The van der Waals surface area contributed by atoms with Crippen molar-refractivity contribution in [2.75, 3.05) is 5.32 Å². The third-order valence-corrected chi connectivity index (χ3v) is 7.53. The highest BCUT2D eigenvalue weighted by atomic mass is 32.1. The van der Waals surface area contributed by atoms with Gasteiger partial charge in [-0.1, -0.05) is 42.4 Å². The van der Waals surface area contributed by atoms with Gasteiger partial charge in [-0.2, -0.15) is 5.26 Å². The number of thiophene rings is 1. The molecule has 1 aliphatic carbocycles. The molecular weight excluding hydrogens is 460 g/mol. The van der Waals surface area contributed by atoms with E-state index in [0.29, 0.717) is 44.6 Å². The van der Waals surface area contributed by atoms with Crippen molar-refractivity contribution in [1.82, 2.24) is 10.1 Å². The molecule has 7 nitrogen and oxygen atoms in total. The molecule has 0 saturated heterocycles. The molecule has 1 aromatic carbocycles. The molecule has 0 radical (unpaired) electrons. The van der Waals surface area contributed by atoms with Gasteiger partial charge in [-0.05, 0) is 48.9 Å². The van der Waals surface area contributed by atoms with Gasteiger partial charge in [0.2, 0.25) is 0 Å². The van der Waals surface area contributed by atoms with Gasteiger partial charge in [0.25, 0.3) is 11.6 Å². The number of hydrogen-bond acceptors (Lipinski definition) is 7. The highest BCUT2D eigenvalue weighted by Crippen LogP contribution is 2.40. The van der Waals surface area contributed by atoms with Crippen molar-refractivity contribution in [3.63, 3.8) is 0 Å². The van der Waals surface area contributed by atoms with Crippen molar-refractivity contribution in [2.45, 2.75) is 26.2 Å². The number of rotatable bonds is 4. The number of anilines is 1. The van der Waals surface area contributed by atoms with E-state index in [-0.39, 0.29) is 11.6 Å². The third kappa shape index (κ3) is 3.70. The van der Waals surface area contributed by atoms with E-state index < -0.39 is 0 Å². The van der Waals surface area contributed by atoms with Crippen LogP contribution in [-0.4, -0.2) is 16.0 Å². The van der Waals surface area contributed by atoms with Crippen molar-refractivity contribution < 1.29 is 13.7 Å². The predicted molar refractivity (Wildman–Crippen MR) is 133 cm³/mol. The van der Waals surface area contributed by atoms with Gasteiger partial charge in [0, 0.05) is 10.4 Å². The Hall–Kier alpha value is -4.22. The molecule has 0 saturated carbocycles. The standard InChI is InChI=1S/C27H20N4O3S/c1-15-9-10-17-19(14-28)27(35-22(17)12-15)30-25(32)18-13-20(21-8-5-11-33-21)29-26-23(18)24(31-34-26)16-6-3-2-4-7-16/h2-8,11,13,15H,9-10,12H2,1H3,(H,30,32)/t15-/m1/s1. The maximum absolute atomic E-state index is 13.7. The molecule has 1 amide bonds. The molecule has 35 heavy (non-hydrogen) atoms. The SMILES string of the molecule is C[C@@H]1CCc2c(sc(NC(=O)c3cc(-c4ccco4)nc4onc(-c5ccccc5)c34)c2C#N)C1. The van der Waals surface area contributed by atoms with E-state index in [4.69, 9.17) is 8.94 Å². The smallest absolute Gasteiger partial charge is 0.259 e. The van der Waals surface area contributed by atoms with Gasteiger partial charge in [-0.15, -0.1) is 11.3 Å². The molecular formula is C27H20N4O3S. The van der Waals surface area contributed by atoms with E-state index in [0.717, 1.165) is 30.4 Å².